The van der Waals surface area contributed by atoms with Gasteiger partial charge in [0.15, 0.2) is 0 Å². The van der Waals surface area contributed by atoms with Crippen LogP contribution in [0.4, 0.5) is 0 Å². The summed E-state index contributed by atoms with van der Waals surface area (Å²) in [7, 11) is 0. The van der Waals surface area contributed by atoms with Crippen LogP contribution >= 0.6 is 11.3 Å². The lowest BCUT2D eigenvalue weighted by atomic mass is 10.2. The Morgan fingerprint density at radius 3 is 3.00 bits per heavy atom. The van der Waals surface area contributed by atoms with Crippen molar-refractivity contribution in [1.82, 2.24) is 10.3 Å². The third-order valence-corrected chi connectivity index (χ3v) is 3.38. The Labute approximate surface area is 96.1 Å². The zero-order chi connectivity index (χ0) is 11.1. The number of thiazole rings is 1. The van der Waals surface area contributed by atoms with Gasteiger partial charge in [0, 0.05) is 23.7 Å². The van der Waals surface area contributed by atoms with Crippen LogP contribution in [0, 0.1) is 0 Å². The highest BCUT2D eigenvalue weighted by Gasteiger charge is 1.99. The molecule has 0 amide bonds. The van der Waals surface area contributed by atoms with Crippen molar-refractivity contribution in [1.29, 1.82) is 0 Å². The predicted octanol–water partition coefficient (Wildman–Crippen LogP) is 1.92. The monoisotopic (exact) mass is 227 g/mol. The van der Waals surface area contributed by atoms with Crippen molar-refractivity contribution < 1.29 is 0 Å². The molecule has 0 fully saturated rings. The molecule has 86 valence electrons. The summed E-state index contributed by atoms with van der Waals surface area (Å²) in [5, 5.41) is 4.57. The maximum Gasteiger partial charge on any atom is 0.107 e. The average molecular weight is 227 g/mol. The molecule has 0 saturated carbocycles. The number of hydrogen-bond acceptors (Lipinski definition) is 4. The number of nitrogens with two attached hydrogens (primary N) is 1. The first-order valence-corrected chi connectivity index (χ1v) is 6.44. The Kier molecular flexibility index (Phi) is 5.83. The topological polar surface area (TPSA) is 50.9 Å². The minimum atomic E-state index is 0.318. The minimum absolute atomic E-state index is 0.318. The molecule has 1 heterocycles. The van der Waals surface area contributed by atoms with Crippen LogP contribution in [0.3, 0.4) is 0 Å². The van der Waals surface area contributed by atoms with Gasteiger partial charge in [0.1, 0.15) is 5.01 Å². The van der Waals surface area contributed by atoms with E-state index in [1.165, 1.54) is 9.88 Å². The zero-order valence-corrected chi connectivity index (χ0v) is 10.4. The first-order chi connectivity index (χ1) is 7.22. The van der Waals surface area contributed by atoms with E-state index >= 15 is 0 Å². The van der Waals surface area contributed by atoms with Crippen molar-refractivity contribution in [3.63, 3.8) is 0 Å². The van der Waals surface area contributed by atoms with Crippen molar-refractivity contribution >= 4 is 11.3 Å². The van der Waals surface area contributed by atoms with E-state index in [1.54, 1.807) is 11.3 Å². The van der Waals surface area contributed by atoms with E-state index in [2.05, 4.69) is 17.2 Å². The van der Waals surface area contributed by atoms with Gasteiger partial charge < -0.3 is 11.1 Å². The quantitative estimate of drug-likeness (QED) is 0.700. The van der Waals surface area contributed by atoms with E-state index < -0.39 is 0 Å². The Hall–Kier alpha value is -0.450. The molecule has 0 saturated heterocycles. The van der Waals surface area contributed by atoms with Gasteiger partial charge in [-0.2, -0.15) is 0 Å². The second kappa shape index (κ2) is 6.93. The third-order valence-electron chi connectivity index (χ3n) is 2.24. The van der Waals surface area contributed by atoms with E-state index in [9.17, 15) is 0 Å². The van der Waals surface area contributed by atoms with Gasteiger partial charge in [0.25, 0.3) is 0 Å². The number of aryl methyl sites for hydroxylation is 1. The van der Waals surface area contributed by atoms with E-state index in [-0.39, 0.29) is 0 Å². The first kappa shape index (κ1) is 12.6. The summed E-state index contributed by atoms with van der Waals surface area (Å²) in [4.78, 5) is 5.71. The van der Waals surface area contributed by atoms with Crippen LogP contribution in [0.5, 0.6) is 0 Å². The van der Waals surface area contributed by atoms with E-state index in [0.29, 0.717) is 6.04 Å². The lowest BCUT2D eigenvalue weighted by Gasteiger charge is -2.04. The summed E-state index contributed by atoms with van der Waals surface area (Å²) in [6.07, 6.45) is 5.29. The highest BCUT2D eigenvalue weighted by molar-refractivity contribution is 7.11. The van der Waals surface area contributed by atoms with E-state index in [4.69, 9.17) is 5.73 Å². The van der Waals surface area contributed by atoms with Crippen LogP contribution in [-0.2, 0) is 13.0 Å². The molecule has 1 atom stereocenters. The highest BCUT2D eigenvalue weighted by Crippen LogP contribution is 2.12. The molecule has 0 spiro atoms. The van der Waals surface area contributed by atoms with Gasteiger partial charge in [-0.25, -0.2) is 4.98 Å². The summed E-state index contributed by atoms with van der Waals surface area (Å²) in [6.45, 7) is 6.13. The molecule has 1 aromatic heterocycles. The molecule has 1 unspecified atom stereocenters. The van der Waals surface area contributed by atoms with Gasteiger partial charge in [-0.05, 0) is 32.7 Å². The predicted molar refractivity (Wildman–Crippen MR) is 66.1 cm³/mol. The summed E-state index contributed by atoms with van der Waals surface area (Å²) in [5.74, 6) is 0. The first-order valence-electron chi connectivity index (χ1n) is 5.62. The standard InChI is InChI=1S/C11H21N3S/c1-3-10-7-14-11(15-10)8-13-6-4-5-9(2)12/h7,9,13H,3-6,8,12H2,1-2H3. The van der Waals surface area contributed by atoms with E-state index in [0.717, 1.165) is 32.4 Å². The number of nitrogens with one attached hydrogen (secondary N) is 1. The zero-order valence-electron chi connectivity index (χ0n) is 9.62. The maximum absolute atomic E-state index is 5.67. The van der Waals surface area contributed by atoms with Crippen molar-refractivity contribution in [3.05, 3.63) is 16.1 Å². The summed E-state index contributed by atoms with van der Waals surface area (Å²) in [5.41, 5.74) is 5.67. The molecule has 0 aliphatic rings. The molecule has 0 aliphatic heterocycles. The molecular weight excluding hydrogens is 206 g/mol. The molecule has 1 aromatic rings. The Morgan fingerprint density at radius 1 is 1.60 bits per heavy atom. The van der Waals surface area contributed by atoms with Crippen LogP contribution in [0.25, 0.3) is 0 Å². The highest BCUT2D eigenvalue weighted by atomic mass is 32.1. The molecule has 0 bridgehead atoms. The van der Waals surface area contributed by atoms with Gasteiger partial charge in [-0.1, -0.05) is 6.92 Å². The van der Waals surface area contributed by atoms with Crippen LogP contribution in [0.2, 0.25) is 0 Å². The van der Waals surface area contributed by atoms with E-state index in [1.807, 2.05) is 13.1 Å². The molecule has 0 aliphatic carbocycles. The van der Waals surface area contributed by atoms with Crippen LogP contribution in [0.15, 0.2) is 6.20 Å². The van der Waals surface area contributed by atoms with Crippen molar-refractivity contribution in [2.24, 2.45) is 5.73 Å². The molecule has 3 nitrogen and oxygen atoms in total. The minimum Gasteiger partial charge on any atom is -0.328 e. The van der Waals surface area contributed by atoms with Gasteiger partial charge in [-0.3, -0.25) is 0 Å². The lowest BCUT2D eigenvalue weighted by Crippen LogP contribution is -2.19. The number of rotatable bonds is 7. The second-order valence-corrected chi connectivity index (χ2v) is 5.07. The summed E-state index contributed by atoms with van der Waals surface area (Å²) >= 11 is 1.80. The lowest BCUT2D eigenvalue weighted by molar-refractivity contribution is 0.574. The molecule has 0 radical (unpaired) electrons. The molecule has 1 rings (SSSR count). The fourth-order valence-electron chi connectivity index (χ4n) is 1.34. The Bertz CT molecular complexity index is 271. The third kappa shape index (κ3) is 5.25. The average Bonchev–Trinajstić information content (AvgIpc) is 2.65. The summed E-state index contributed by atoms with van der Waals surface area (Å²) in [6, 6.07) is 0.318. The number of aromatic nitrogens is 1. The normalized spacial score (nSPS) is 13.0. The smallest absolute Gasteiger partial charge is 0.107 e. The number of nitrogens with zero attached hydrogens (tertiary/aromatic N) is 1. The fraction of sp³-hybridized carbons (Fsp3) is 0.727. The van der Waals surface area contributed by atoms with Gasteiger partial charge in [0.2, 0.25) is 0 Å². The van der Waals surface area contributed by atoms with Crippen molar-refractivity contribution in [2.75, 3.05) is 6.54 Å². The molecule has 4 heteroatoms. The SMILES string of the molecule is CCc1cnc(CNCCCC(C)N)s1. The maximum atomic E-state index is 5.67. The van der Waals surface area contributed by atoms with Crippen LogP contribution in [-0.4, -0.2) is 17.6 Å². The molecule has 0 aromatic carbocycles. The Morgan fingerprint density at radius 2 is 2.40 bits per heavy atom. The van der Waals surface area contributed by atoms with Gasteiger partial charge in [-0.15, -0.1) is 11.3 Å². The van der Waals surface area contributed by atoms with Crippen molar-refractivity contribution in [3.8, 4) is 0 Å². The largest absolute Gasteiger partial charge is 0.328 e. The van der Waals surface area contributed by atoms with Crippen LogP contribution < -0.4 is 11.1 Å². The fourth-order valence-corrected chi connectivity index (χ4v) is 2.17. The summed E-state index contributed by atoms with van der Waals surface area (Å²) < 4.78 is 0. The van der Waals surface area contributed by atoms with Gasteiger partial charge in [0.05, 0.1) is 0 Å². The second-order valence-electron chi connectivity index (χ2n) is 3.87. The van der Waals surface area contributed by atoms with Gasteiger partial charge >= 0.3 is 0 Å². The van der Waals surface area contributed by atoms with Crippen LogP contribution in [0.1, 0.15) is 36.6 Å². The number of hydrogen-bond donors (Lipinski definition) is 2. The van der Waals surface area contributed by atoms with Crippen molar-refractivity contribution in [2.45, 2.75) is 45.7 Å². The Balaban J connectivity index is 2.09. The molecule has 3 N–H and O–H groups in total. The molecule has 15 heavy (non-hydrogen) atoms. The molecular formula is C11H21N3S.